The first-order valence-electron chi connectivity index (χ1n) is 16.3. The Hall–Kier alpha value is -5.49. The number of carbonyl (C=O) groups excluding carboxylic acids is 4. The third kappa shape index (κ3) is 11.0. The van der Waals surface area contributed by atoms with Gasteiger partial charge in [0.15, 0.2) is 5.82 Å². The Morgan fingerprint density at radius 2 is 1.42 bits per heavy atom. The molecule has 0 saturated heterocycles. The Morgan fingerprint density at radius 1 is 0.840 bits per heavy atom. The number of hydrogen-bond donors (Lipinski definition) is 3. The molecule has 0 spiro atoms. The van der Waals surface area contributed by atoms with E-state index in [9.17, 15) is 19.2 Å². The van der Waals surface area contributed by atoms with Crippen LogP contribution in [0.5, 0.6) is 0 Å². The molecule has 50 heavy (non-hydrogen) atoms. The summed E-state index contributed by atoms with van der Waals surface area (Å²) in [6.07, 6.45) is 2.28. The van der Waals surface area contributed by atoms with E-state index in [2.05, 4.69) is 20.9 Å². The molecule has 4 amide bonds. The maximum atomic E-state index is 13.9. The SMILES string of the molecule is CN(Cc1ccccc1)C(=O)C(c1ccccc1)n1cnc(NC(=O)[C@@H](COCc2ccccc2)NC(=O)C(C)(C)NC(=O)OC(C)(C)C)c1. The van der Waals surface area contributed by atoms with Gasteiger partial charge in [0.2, 0.25) is 11.8 Å². The van der Waals surface area contributed by atoms with Crippen molar-refractivity contribution in [1.82, 2.24) is 25.1 Å². The first kappa shape index (κ1) is 37.3. The predicted octanol–water partition coefficient (Wildman–Crippen LogP) is 5.07. The van der Waals surface area contributed by atoms with Gasteiger partial charge in [-0.1, -0.05) is 91.0 Å². The lowest BCUT2D eigenvalue weighted by Crippen LogP contribution is -2.59. The molecule has 4 aromatic rings. The zero-order valence-corrected chi connectivity index (χ0v) is 29.4. The quantitative estimate of drug-likeness (QED) is 0.168. The highest BCUT2D eigenvalue weighted by atomic mass is 16.6. The van der Waals surface area contributed by atoms with Crippen molar-refractivity contribution in [3.05, 3.63) is 120 Å². The van der Waals surface area contributed by atoms with E-state index in [0.29, 0.717) is 6.54 Å². The van der Waals surface area contributed by atoms with Crippen LogP contribution in [0.3, 0.4) is 0 Å². The number of alkyl carbamates (subject to hydrolysis) is 1. The van der Waals surface area contributed by atoms with Gasteiger partial charge in [0, 0.05) is 19.8 Å². The molecule has 12 nitrogen and oxygen atoms in total. The number of rotatable bonds is 14. The number of hydrogen-bond acceptors (Lipinski definition) is 7. The molecule has 1 aromatic heterocycles. The van der Waals surface area contributed by atoms with Crippen molar-refractivity contribution < 1.29 is 28.7 Å². The Morgan fingerprint density at radius 3 is 2.02 bits per heavy atom. The van der Waals surface area contributed by atoms with Crippen LogP contribution in [0.4, 0.5) is 10.6 Å². The average molecular weight is 683 g/mol. The van der Waals surface area contributed by atoms with Crippen LogP contribution in [0.15, 0.2) is 104 Å². The zero-order chi connectivity index (χ0) is 36.3. The highest BCUT2D eigenvalue weighted by Gasteiger charge is 2.35. The molecule has 2 atom stereocenters. The number of carbonyl (C=O) groups is 4. The summed E-state index contributed by atoms with van der Waals surface area (Å²) >= 11 is 0. The van der Waals surface area contributed by atoms with Gasteiger partial charge in [0.05, 0.1) is 19.5 Å². The molecular weight excluding hydrogens is 636 g/mol. The summed E-state index contributed by atoms with van der Waals surface area (Å²) in [5, 5.41) is 8.01. The minimum absolute atomic E-state index is 0.169. The molecule has 12 heteroatoms. The maximum absolute atomic E-state index is 13.9. The number of ether oxygens (including phenoxy) is 2. The van der Waals surface area contributed by atoms with E-state index in [1.807, 2.05) is 91.0 Å². The first-order valence-corrected chi connectivity index (χ1v) is 16.3. The minimum atomic E-state index is -1.43. The number of nitrogens with zero attached hydrogens (tertiary/aromatic N) is 3. The molecular formula is C38H46N6O6. The van der Waals surface area contributed by atoms with E-state index in [-0.39, 0.29) is 24.9 Å². The van der Waals surface area contributed by atoms with E-state index in [0.717, 1.165) is 16.7 Å². The summed E-state index contributed by atoms with van der Waals surface area (Å²) in [6.45, 7) is 8.58. The third-order valence-electron chi connectivity index (χ3n) is 7.54. The first-order chi connectivity index (χ1) is 23.7. The van der Waals surface area contributed by atoms with E-state index in [1.54, 1.807) is 43.5 Å². The molecule has 0 aliphatic rings. The molecule has 1 unspecified atom stereocenters. The second-order valence-electron chi connectivity index (χ2n) is 13.5. The fourth-order valence-corrected chi connectivity index (χ4v) is 4.98. The van der Waals surface area contributed by atoms with Crippen molar-refractivity contribution in [2.75, 3.05) is 19.0 Å². The topological polar surface area (TPSA) is 144 Å². The number of anilines is 1. The molecule has 264 valence electrons. The second-order valence-corrected chi connectivity index (χ2v) is 13.5. The van der Waals surface area contributed by atoms with Crippen molar-refractivity contribution >= 4 is 29.6 Å². The fourth-order valence-electron chi connectivity index (χ4n) is 4.98. The Kier molecular flexibility index (Phi) is 12.5. The summed E-state index contributed by atoms with van der Waals surface area (Å²) in [7, 11) is 1.74. The lowest BCUT2D eigenvalue weighted by molar-refractivity contribution is -0.132. The van der Waals surface area contributed by atoms with Crippen molar-refractivity contribution in [3.63, 3.8) is 0 Å². The van der Waals surface area contributed by atoms with Gasteiger partial charge in [0.1, 0.15) is 23.2 Å². The molecule has 0 saturated carbocycles. The summed E-state index contributed by atoms with van der Waals surface area (Å²) in [6, 6.07) is 26.5. The van der Waals surface area contributed by atoms with Crippen LogP contribution in [0, 0.1) is 0 Å². The van der Waals surface area contributed by atoms with Gasteiger partial charge in [-0.3, -0.25) is 14.4 Å². The van der Waals surface area contributed by atoms with E-state index < -0.39 is 41.1 Å². The number of aromatic nitrogens is 2. The maximum Gasteiger partial charge on any atom is 0.408 e. The van der Waals surface area contributed by atoms with E-state index in [1.165, 1.54) is 20.2 Å². The largest absolute Gasteiger partial charge is 0.444 e. The van der Waals surface area contributed by atoms with Crippen LogP contribution in [-0.2, 0) is 37.0 Å². The van der Waals surface area contributed by atoms with Gasteiger partial charge < -0.3 is 34.9 Å². The lowest BCUT2D eigenvalue weighted by Gasteiger charge is -2.29. The van der Waals surface area contributed by atoms with Crippen molar-refractivity contribution in [1.29, 1.82) is 0 Å². The van der Waals surface area contributed by atoms with Crippen molar-refractivity contribution in [3.8, 4) is 0 Å². The van der Waals surface area contributed by atoms with Gasteiger partial charge in [-0.2, -0.15) is 0 Å². The molecule has 3 aromatic carbocycles. The molecule has 4 rings (SSSR count). The number of likely N-dealkylation sites (N-methyl/N-ethyl adjacent to an activating group) is 1. The molecule has 0 bridgehead atoms. The normalized spacial score (nSPS) is 12.7. The second kappa shape index (κ2) is 16.8. The average Bonchev–Trinajstić information content (AvgIpc) is 3.52. The van der Waals surface area contributed by atoms with Crippen molar-refractivity contribution in [2.45, 2.75) is 71.0 Å². The Balaban J connectivity index is 1.51. The van der Waals surface area contributed by atoms with Crippen LogP contribution < -0.4 is 16.0 Å². The molecule has 0 aliphatic heterocycles. The molecule has 0 fully saturated rings. The highest BCUT2D eigenvalue weighted by molar-refractivity contribution is 5.98. The standard InChI is InChI=1S/C38H46N6O6/c1-37(2,3)50-36(48)42-38(4,5)35(47)40-30(25-49-24-28-18-12-8-13-19-28)33(45)41-31-23-44(26-39-31)32(29-20-14-9-15-21-29)34(46)43(6)22-27-16-10-7-11-17-27/h7-21,23,26,30,32H,22,24-25H2,1-6H3,(H,40,47)(H,41,45)(H,42,48)/t30-,32?/m1/s1. The van der Waals surface area contributed by atoms with Crippen LogP contribution in [0.1, 0.15) is 57.4 Å². The van der Waals surface area contributed by atoms with Gasteiger partial charge in [-0.05, 0) is 51.3 Å². The Bertz CT molecular complexity index is 1720. The minimum Gasteiger partial charge on any atom is -0.444 e. The fraction of sp³-hybridized carbons (Fsp3) is 0.342. The summed E-state index contributed by atoms with van der Waals surface area (Å²) < 4.78 is 12.8. The summed E-state index contributed by atoms with van der Waals surface area (Å²) in [5.41, 5.74) is 0.414. The number of amides is 4. The molecule has 0 aliphatic carbocycles. The van der Waals surface area contributed by atoms with Gasteiger partial charge >= 0.3 is 6.09 Å². The van der Waals surface area contributed by atoms with Crippen molar-refractivity contribution in [2.24, 2.45) is 0 Å². The number of benzene rings is 3. The van der Waals surface area contributed by atoms with Gasteiger partial charge in [-0.25, -0.2) is 9.78 Å². The van der Waals surface area contributed by atoms with E-state index in [4.69, 9.17) is 9.47 Å². The van der Waals surface area contributed by atoms with E-state index >= 15 is 0 Å². The monoisotopic (exact) mass is 682 g/mol. The zero-order valence-electron chi connectivity index (χ0n) is 29.4. The van der Waals surface area contributed by atoms with Crippen LogP contribution in [-0.4, -0.2) is 69.1 Å². The third-order valence-corrected chi connectivity index (χ3v) is 7.54. The molecule has 0 radical (unpaired) electrons. The van der Waals surface area contributed by atoms with Crippen LogP contribution in [0.25, 0.3) is 0 Å². The Labute approximate surface area is 293 Å². The van der Waals surface area contributed by atoms with Crippen LogP contribution in [0.2, 0.25) is 0 Å². The predicted molar refractivity (Wildman–Crippen MR) is 190 cm³/mol. The number of imidazole rings is 1. The highest BCUT2D eigenvalue weighted by Crippen LogP contribution is 2.23. The molecule has 1 heterocycles. The van der Waals surface area contributed by atoms with Crippen LogP contribution >= 0.6 is 0 Å². The summed E-state index contributed by atoms with van der Waals surface area (Å²) in [5.74, 6) is -1.24. The smallest absolute Gasteiger partial charge is 0.408 e. The lowest BCUT2D eigenvalue weighted by atomic mass is 10.0. The van der Waals surface area contributed by atoms with Gasteiger partial charge in [-0.15, -0.1) is 0 Å². The van der Waals surface area contributed by atoms with Gasteiger partial charge in [0.25, 0.3) is 5.91 Å². The molecule has 3 N–H and O–H groups in total. The number of nitrogens with one attached hydrogen (secondary N) is 3. The summed E-state index contributed by atoms with van der Waals surface area (Å²) in [4.78, 5) is 59.4.